The molecule has 0 saturated carbocycles. The monoisotopic (exact) mass is 411 g/mol. The Balaban J connectivity index is 1.47. The van der Waals surface area contributed by atoms with Crippen molar-refractivity contribution in [3.05, 3.63) is 58.4 Å². The van der Waals surface area contributed by atoms with E-state index in [1.165, 1.54) is 6.07 Å². The summed E-state index contributed by atoms with van der Waals surface area (Å²) in [6, 6.07) is 9.08. The number of benzene rings is 1. The molecule has 3 heterocycles. The second kappa shape index (κ2) is 8.31. The highest BCUT2D eigenvalue weighted by Gasteiger charge is 2.41. The first-order chi connectivity index (χ1) is 14.5. The van der Waals surface area contributed by atoms with Gasteiger partial charge in [0.1, 0.15) is 5.76 Å². The second-order valence-electron chi connectivity index (χ2n) is 7.75. The van der Waals surface area contributed by atoms with Crippen LogP contribution in [0.4, 0.5) is 0 Å². The SMILES string of the molecule is Cc1cc(=O)c(O)c(C2(CC(=O)NCCn3cnc4ccccc43)CCOCC2)o1. The molecule has 1 saturated heterocycles. The molecule has 0 unspecified atom stereocenters. The lowest BCUT2D eigenvalue weighted by molar-refractivity contribution is -0.123. The maximum atomic E-state index is 12.8. The number of aryl methyl sites for hydroxylation is 1. The van der Waals surface area contributed by atoms with E-state index in [1.807, 2.05) is 28.8 Å². The number of hydrogen-bond donors (Lipinski definition) is 2. The molecule has 0 atom stereocenters. The van der Waals surface area contributed by atoms with Crippen molar-refractivity contribution in [1.29, 1.82) is 0 Å². The third kappa shape index (κ3) is 3.95. The minimum absolute atomic E-state index is 0.112. The van der Waals surface area contributed by atoms with Gasteiger partial charge in [0.05, 0.1) is 17.4 Å². The predicted molar refractivity (Wildman–Crippen MR) is 110 cm³/mol. The molecule has 8 heteroatoms. The molecule has 0 bridgehead atoms. The quantitative estimate of drug-likeness (QED) is 0.644. The van der Waals surface area contributed by atoms with Gasteiger partial charge in [-0.2, -0.15) is 0 Å². The topological polar surface area (TPSA) is 107 Å². The number of aromatic hydroxyl groups is 1. The fraction of sp³-hybridized carbons (Fsp3) is 0.409. The number of amides is 1. The van der Waals surface area contributed by atoms with Crippen LogP contribution < -0.4 is 10.7 Å². The summed E-state index contributed by atoms with van der Waals surface area (Å²) in [4.78, 5) is 29.2. The number of nitrogens with one attached hydrogen (secondary N) is 1. The zero-order valence-corrected chi connectivity index (χ0v) is 16.9. The molecule has 158 valence electrons. The van der Waals surface area contributed by atoms with Crippen molar-refractivity contribution >= 4 is 16.9 Å². The summed E-state index contributed by atoms with van der Waals surface area (Å²) in [6.45, 7) is 3.56. The van der Waals surface area contributed by atoms with Crippen LogP contribution in [0.25, 0.3) is 11.0 Å². The summed E-state index contributed by atoms with van der Waals surface area (Å²) >= 11 is 0. The molecule has 1 amide bonds. The van der Waals surface area contributed by atoms with Crippen LogP contribution in [0, 0.1) is 6.92 Å². The maximum Gasteiger partial charge on any atom is 0.227 e. The molecule has 0 spiro atoms. The van der Waals surface area contributed by atoms with Crippen molar-refractivity contribution in [2.45, 2.75) is 38.1 Å². The van der Waals surface area contributed by atoms with Crippen molar-refractivity contribution in [1.82, 2.24) is 14.9 Å². The zero-order chi connectivity index (χ0) is 21.1. The number of para-hydroxylation sites is 2. The molecule has 0 radical (unpaired) electrons. The van der Waals surface area contributed by atoms with Gasteiger partial charge in [0.2, 0.25) is 17.1 Å². The molecule has 1 aliphatic rings. The number of fused-ring (bicyclic) bond motifs is 1. The molecule has 3 aromatic rings. The van der Waals surface area contributed by atoms with Crippen LogP contribution in [0.1, 0.15) is 30.8 Å². The second-order valence-corrected chi connectivity index (χ2v) is 7.75. The Bertz CT molecular complexity index is 1110. The Morgan fingerprint density at radius 3 is 2.87 bits per heavy atom. The highest BCUT2D eigenvalue weighted by molar-refractivity contribution is 5.78. The van der Waals surface area contributed by atoms with E-state index in [4.69, 9.17) is 9.15 Å². The summed E-state index contributed by atoms with van der Waals surface area (Å²) in [5.41, 5.74) is 0.667. The van der Waals surface area contributed by atoms with Crippen LogP contribution in [0.5, 0.6) is 5.75 Å². The first-order valence-electron chi connectivity index (χ1n) is 10.1. The molecule has 8 nitrogen and oxygen atoms in total. The first-order valence-corrected chi connectivity index (χ1v) is 10.1. The Kier molecular flexibility index (Phi) is 5.59. The molecule has 1 fully saturated rings. The van der Waals surface area contributed by atoms with Gasteiger partial charge in [0.15, 0.2) is 5.76 Å². The highest BCUT2D eigenvalue weighted by Crippen LogP contribution is 2.41. The van der Waals surface area contributed by atoms with Gasteiger partial charge in [0.25, 0.3) is 0 Å². The standard InChI is InChI=1S/C22H25N3O5/c1-15-12-18(26)20(28)21(30-15)22(6-10-29-11-7-22)13-19(27)23-8-9-25-14-24-16-4-2-3-5-17(16)25/h2-5,12,14,28H,6-11,13H2,1H3,(H,23,27). The van der Waals surface area contributed by atoms with E-state index in [0.717, 1.165) is 11.0 Å². The van der Waals surface area contributed by atoms with Crippen LogP contribution in [-0.2, 0) is 21.5 Å². The van der Waals surface area contributed by atoms with Gasteiger partial charge in [0, 0.05) is 44.2 Å². The van der Waals surface area contributed by atoms with Gasteiger partial charge in [-0.3, -0.25) is 9.59 Å². The van der Waals surface area contributed by atoms with E-state index in [1.54, 1.807) is 13.3 Å². The number of rotatable bonds is 6. The molecular formula is C22H25N3O5. The lowest BCUT2D eigenvalue weighted by atomic mass is 9.74. The molecule has 30 heavy (non-hydrogen) atoms. The fourth-order valence-corrected chi connectivity index (χ4v) is 4.08. The average molecular weight is 411 g/mol. The Morgan fingerprint density at radius 1 is 1.30 bits per heavy atom. The number of nitrogens with zero attached hydrogens (tertiary/aromatic N) is 2. The van der Waals surface area contributed by atoms with E-state index in [0.29, 0.717) is 44.9 Å². The maximum absolute atomic E-state index is 12.8. The normalized spacial score (nSPS) is 15.9. The summed E-state index contributed by atoms with van der Waals surface area (Å²) in [5, 5.41) is 13.3. The number of hydrogen-bond acceptors (Lipinski definition) is 6. The van der Waals surface area contributed by atoms with E-state index in [-0.39, 0.29) is 18.1 Å². The first kappa shape index (κ1) is 20.2. The lowest BCUT2D eigenvalue weighted by Gasteiger charge is -2.35. The highest BCUT2D eigenvalue weighted by atomic mass is 16.5. The molecular weight excluding hydrogens is 386 g/mol. The predicted octanol–water partition coefficient (Wildman–Crippen LogP) is 2.26. The zero-order valence-electron chi connectivity index (χ0n) is 16.9. The summed E-state index contributed by atoms with van der Waals surface area (Å²) in [6.07, 6.45) is 2.86. The minimum Gasteiger partial charge on any atom is -0.502 e. The molecule has 2 aromatic heterocycles. The fourth-order valence-electron chi connectivity index (χ4n) is 4.08. The summed E-state index contributed by atoms with van der Waals surface area (Å²) < 4.78 is 13.2. The van der Waals surface area contributed by atoms with Gasteiger partial charge >= 0.3 is 0 Å². The van der Waals surface area contributed by atoms with Crippen molar-refractivity contribution < 1.29 is 19.1 Å². The van der Waals surface area contributed by atoms with Crippen molar-refractivity contribution in [3.8, 4) is 5.75 Å². The van der Waals surface area contributed by atoms with Crippen LogP contribution in [0.15, 0.2) is 45.9 Å². The van der Waals surface area contributed by atoms with Gasteiger partial charge in [-0.1, -0.05) is 12.1 Å². The number of carbonyl (C=O) groups is 1. The summed E-state index contributed by atoms with van der Waals surface area (Å²) in [7, 11) is 0. The van der Waals surface area contributed by atoms with E-state index < -0.39 is 16.6 Å². The largest absolute Gasteiger partial charge is 0.502 e. The average Bonchev–Trinajstić information content (AvgIpc) is 3.14. The van der Waals surface area contributed by atoms with Gasteiger partial charge < -0.3 is 24.1 Å². The Labute approximate surface area is 173 Å². The number of carbonyl (C=O) groups excluding carboxylic acids is 1. The van der Waals surface area contributed by atoms with Crippen LogP contribution >= 0.6 is 0 Å². The third-order valence-electron chi connectivity index (χ3n) is 5.68. The third-order valence-corrected chi connectivity index (χ3v) is 5.68. The number of ether oxygens (including phenoxy) is 1. The molecule has 1 aromatic carbocycles. The molecule has 0 aliphatic carbocycles. The van der Waals surface area contributed by atoms with Crippen LogP contribution in [-0.4, -0.2) is 40.3 Å². The van der Waals surface area contributed by atoms with Gasteiger partial charge in [-0.25, -0.2) is 4.98 Å². The minimum atomic E-state index is -0.765. The van der Waals surface area contributed by atoms with E-state index in [9.17, 15) is 14.7 Å². The molecule has 4 rings (SSSR count). The van der Waals surface area contributed by atoms with Crippen LogP contribution in [0.3, 0.4) is 0 Å². The smallest absolute Gasteiger partial charge is 0.227 e. The van der Waals surface area contributed by atoms with Crippen molar-refractivity contribution in [3.63, 3.8) is 0 Å². The van der Waals surface area contributed by atoms with Gasteiger partial charge in [-0.05, 0) is 31.9 Å². The molecule has 2 N–H and O–H groups in total. The Morgan fingerprint density at radius 2 is 2.07 bits per heavy atom. The van der Waals surface area contributed by atoms with E-state index in [2.05, 4.69) is 10.3 Å². The van der Waals surface area contributed by atoms with Gasteiger partial charge in [-0.15, -0.1) is 0 Å². The lowest BCUT2D eigenvalue weighted by Crippen LogP contribution is -2.40. The molecule has 1 aliphatic heterocycles. The summed E-state index contributed by atoms with van der Waals surface area (Å²) in [5.74, 6) is 0.0164. The van der Waals surface area contributed by atoms with Crippen molar-refractivity contribution in [2.75, 3.05) is 19.8 Å². The number of aromatic nitrogens is 2. The Hall–Kier alpha value is -3.13. The van der Waals surface area contributed by atoms with Crippen LogP contribution in [0.2, 0.25) is 0 Å². The van der Waals surface area contributed by atoms with Crippen molar-refractivity contribution in [2.24, 2.45) is 0 Å². The van der Waals surface area contributed by atoms with E-state index >= 15 is 0 Å². The number of imidazole rings is 1.